The lowest BCUT2D eigenvalue weighted by Crippen LogP contribution is -2.39. The Morgan fingerprint density at radius 1 is 1.06 bits per heavy atom. The standard InChI is InChI=1S/C23H22ClF6NO2/c1-13(21(32)33)15-8-9-31(12-16-10-18(23(28,29)30)6-7-19(16)24)20(11-15)14-2-4-17(5-3-14)22(25,26)27/h2-7,10,13,15,20H,8-9,11-12H2,1H3,(H,32,33). The molecule has 3 unspecified atom stereocenters. The molecule has 2 aromatic carbocycles. The van der Waals surface area contributed by atoms with Gasteiger partial charge in [0, 0.05) is 17.6 Å². The van der Waals surface area contributed by atoms with Gasteiger partial charge in [0.15, 0.2) is 0 Å². The highest BCUT2D eigenvalue weighted by atomic mass is 35.5. The molecule has 10 heteroatoms. The summed E-state index contributed by atoms with van der Waals surface area (Å²) in [6.45, 7) is 1.99. The van der Waals surface area contributed by atoms with E-state index in [4.69, 9.17) is 11.6 Å². The molecule has 1 aliphatic rings. The van der Waals surface area contributed by atoms with Crippen LogP contribution in [0.2, 0.25) is 5.02 Å². The number of halogens is 7. The number of aliphatic carboxylic acids is 1. The fourth-order valence-corrected chi connectivity index (χ4v) is 4.40. The van der Waals surface area contributed by atoms with Crippen LogP contribution in [-0.2, 0) is 23.7 Å². The predicted octanol–water partition coefficient (Wildman–Crippen LogP) is 7.05. The largest absolute Gasteiger partial charge is 0.481 e. The summed E-state index contributed by atoms with van der Waals surface area (Å²) in [5.41, 5.74) is -0.881. The Kier molecular flexibility index (Phi) is 7.33. The molecule has 0 saturated carbocycles. The number of piperidine rings is 1. The molecule has 1 N–H and O–H groups in total. The van der Waals surface area contributed by atoms with Crippen molar-refractivity contribution in [2.75, 3.05) is 6.54 Å². The van der Waals surface area contributed by atoms with Gasteiger partial charge in [-0.25, -0.2) is 0 Å². The second kappa shape index (κ2) is 9.54. The molecule has 180 valence electrons. The minimum atomic E-state index is -4.55. The molecule has 2 aromatic rings. The normalized spacial score (nSPS) is 21.1. The maximum absolute atomic E-state index is 13.2. The highest BCUT2D eigenvalue weighted by Gasteiger charge is 2.36. The highest BCUT2D eigenvalue weighted by Crippen LogP contribution is 2.41. The van der Waals surface area contributed by atoms with Crippen molar-refractivity contribution in [3.8, 4) is 0 Å². The van der Waals surface area contributed by atoms with Gasteiger partial charge in [0.2, 0.25) is 0 Å². The molecule has 0 bridgehead atoms. The summed E-state index contributed by atoms with van der Waals surface area (Å²) in [6, 6.07) is 7.14. The molecule has 0 aliphatic carbocycles. The summed E-state index contributed by atoms with van der Waals surface area (Å²) >= 11 is 6.15. The van der Waals surface area contributed by atoms with Crippen molar-refractivity contribution in [3.05, 3.63) is 69.7 Å². The molecule has 3 rings (SSSR count). The molecule has 33 heavy (non-hydrogen) atoms. The second-order valence-electron chi connectivity index (χ2n) is 8.32. The van der Waals surface area contributed by atoms with Gasteiger partial charge in [0.25, 0.3) is 0 Å². The minimum absolute atomic E-state index is 0.0443. The van der Waals surface area contributed by atoms with Crippen molar-refractivity contribution in [2.45, 2.75) is 44.7 Å². The highest BCUT2D eigenvalue weighted by molar-refractivity contribution is 6.31. The van der Waals surface area contributed by atoms with Crippen LogP contribution in [0.5, 0.6) is 0 Å². The van der Waals surface area contributed by atoms with Crippen molar-refractivity contribution in [1.29, 1.82) is 0 Å². The molecule has 3 nitrogen and oxygen atoms in total. The first-order valence-electron chi connectivity index (χ1n) is 10.3. The first-order chi connectivity index (χ1) is 15.3. The van der Waals surface area contributed by atoms with E-state index in [0.717, 1.165) is 24.3 Å². The SMILES string of the molecule is CC(C(=O)O)C1CCN(Cc2cc(C(F)(F)F)ccc2Cl)C(c2ccc(C(F)(F)F)cc2)C1. The molecule has 0 aromatic heterocycles. The number of hydrogen-bond donors (Lipinski definition) is 1. The first-order valence-corrected chi connectivity index (χ1v) is 10.6. The molecule has 0 amide bonds. The molecule has 3 atom stereocenters. The van der Waals surface area contributed by atoms with E-state index in [1.165, 1.54) is 18.2 Å². The van der Waals surface area contributed by atoms with Crippen molar-refractivity contribution in [1.82, 2.24) is 4.90 Å². The van der Waals surface area contributed by atoms with E-state index in [-0.39, 0.29) is 23.0 Å². The average molecular weight is 494 g/mol. The molecule has 1 fully saturated rings. The summed E-state index contributed by atoms with van der Waals surface area (Å²) in [5.74, 6) is -1.87. The average Bonchev–Trinajstić information content (AvgIpc) is 2.73. The summed E-state index contributed by atoms with van der Waals surface area (Å²) in [7, 11) is 0. The summed E-state index contributed by atoms with van der Waals surface area (Å²) in [5, 5.41) is 9.55. The molecular weight excluding hydrogens is 472 g/mol. The topological polar surface area (TPSA) is 40.5 Å². The van der Waals surface area contributed by atoms with Crippen LogP contribution in [0, 0.1) is 11.8 Å². The summed E-state index contributed by atoms with van der Waals surface area (Å²) in [4.78, 5) is 13.3. The van der Waals surface area contributed by atoms with Crippen molar-refractivity contribution < 1.29 is 36.2 Å². The molecule has 0 spiro atoms. The van der Waals surface area contributed by atoms with E-state index >= 15 is 0 Å². The zero-order chi connectivity index (χ0) is 24.6. The van der Waals surface area contributed by atoms with Gasteiger partial charge in [-0.15, -0.1) is 0 Å². The number of rotatable bonds is 5. The van der Waals surface area contributed by atoms with E-state index in [1.54, 1.807) is 6.92 Å². The first kappa shape index (κ1) is 25.4. The number of likely N-dealkylation sites (tertiary alicyclic amines) is 1. The zero-order valence-electron chi connectivity index (χ0n) is 17.6. The lowest BCUT2D eigenvalue weighted by atomic mass is 9.79. The van der Waals surface area contributed by atoms with E-state index in [9.17, 15) is 36.2 Å². The van der Waals surface area contributed by atoms with Gasteiger partial charge < -0.3 is 5.11 Å². The van der Waals surface area contributed by atoms with Crippen molar-refractivity contribution in [2.24, 2.45) is 11.8 Å². The number of carbonyl (C=O) groups is 1. The van der Waals surface area contributed by atoms with Crippen LogP contribution in [0.15, 0.2) is 42.5 Å². The van der Waals surface area contributed by atoms with Gasteiger partial charge in [-0.1, -0.05) is 30.7 Å². The van der Waals surface area contributed by atoms with Gasteiger partial charge in [-0.05, 0) is 66.8 Å². The lowest BCUT2D eigenvalue weighted by molar-refractivity contribution is -0.144. The van der Waals surface area contributed by atoms with Crippen LogP contribution < -0.4 is 0 Å². The number of hydrogen-bond acceptors (Lipinski definition) is 2. The molecule has 0 radical (unpaired) electrons. The maximum Gasteiger partial charge on any atom is 0.416 e. The maximum atomic E-state index is 13.2. The zero-order valence-corrected chi connectivity index (χ0v) is 18.3. The number of carboxylic acids is 1. The fourth-order valence-electron chi connectivity index (χ4n) is 4.22. The predicted molar refractivity (Wildman–Crippen MR) is 111 cm³/mol. The van der Waals surface area contributed by atoms with E-state index in [1.807, 2.05) is 4.90 Å². The molecule has 1 saturated heterocycles. The van der Waals surface area contributed by atoms with Gasteiger partial charge in [-0.3, -0.25) is 9.69 Å². The van der Waals surface area contributed by atoms with E-state index in [0.29, 0.717) is 24.9 Å². The smallest absolute Gasteiger partial charge is 0.416 e. The monoisotopic (exact) mass is 493 g/mol. The van der Waals surface area contributed by atoms with Crippen LogP contribution in [0.3, 0.4) is 0 Å². The van der Waals surface area contributed by atoms with E-state index in [2.05, 4.69) is 0 Å². The van der Waals surface area contributed by atoms with E-state index < -0.39 is 41.4 Å². The van der Waals surface area contributed by atoms with Crippen molar-refractivity contribution >= 4 is 17.6 Å². The van der Waals surface area contributed by atoms with Crippen LogP contribution in [0.1, 0.15) is 48.1 Å². The Morgan fingerprint density at radius 2 is 1.64 bits per heavy atom. The number of alkyl halides is 6. The Balaban J connectivity index is 1.93. The quantitative estimate of drug-likeness (QED) is 0.454. The third-order valence-corrected chi connectivity index (χ3v) is 6.59. The van der Waals surface area contributed by atoms with Crippen LogP contribution in [0.25, 0.3) is 0 Å². The Morgan fingerprint density at radius 3 is 2.18 bits per heavy atom. The van der Waals surface area contributed by atoms with Crippen LogP contribution >= 0.6 is 11.6 Å². The number of benzene rings is 2. The fraction of sp³-hybridized carbons (Fsp3) is 0.435. The Labute approximate surface area is 192 Å². The lowest BCUT2D eigenvalue weighted by Gasteiger charge is -2.41. The summed E-state index contributed by atoms with van der Waals surface area (Å²) in [6.07, 6.45) is -8.22. The third kappa shape index (κ3) is 6.00. The van der Waals surface area contributed by atoms with Crippen LogP contribution in [0.4, 0.5) is 26.3 Å². The third-order valence-electron chi connectivity index (χ3n) is 6.22. The van der Waals surface area contributed by atoms with Gasteiger partial charge in [-0.2, -0.15) is 26.3 Å². The summed E-state index contributed by atoms with van der Waals surface area (Å²) < 4.78 is 78.4. The number of nitrogens with zero attached hydrogens (tertiary/aromatic N) is 1. The number of carboxylic acid groups (broad SMARTS) is 1. The molecule has 1 aliphatic heterocycles. The van der Waals surface area contributed by atoms with Gasteiger partial charge in [0.1, 0.15) is 0 Å². The second-order valence-corrected chi connectivity index (χ2v) is 8.73. The van der Waals surface area contributed by atoms with Crippen LogP contribution in [-0.4, -0.2) is 22.5 Å². The molecule has 1 heterocycles. The van der Waals surface area contributed by atoms with Crippen molar-refractivity contribution in [3.63, 3.8) is 0 Å². The van der Waals surface area contributed by atoms with Gasteiger partial charge in [0.05, 0.1) is 17.0 Å². The molecular formula is C23H22ClF6NO2. The Hall–Kier alpha value is -2.26. The van der Waals surface area contributed by atoms with Gasteiger partial charge >= 0.3 is 18.3 Å². The Bertz CT molecular complexity index is 990. The minimum Gasteiger partial charge on any atom is -0.481 e.